The van der Waals surface area contributed by atoms with Gasteiger partial charge in [0.2, 0.25) is 0 Å². The van der Waals surface area contributed by atoms with Gasteiger partial charge in [0.25, 0.3) is 0 Å². The number of rotatable bonds is 2. The zero-order chi connectivity index (χ0) is 13.3. The second-order valence-corrected chi connectivity index (χ2v) is 4.00. The normalized spacial score (nSPS) is 10.3. The Kier molecular flexibility index (Phi) is 3.02. The molecular weight excluding hydrogens is 235 g/mol. The number of benzene rings is 2. The molecule has 3 nitrogen and oxygen atoms in total. The van der Waals surface area contributed by atoms with Gasteiger partial charge in [0.15, 0.2) is 0 Å². The molecule has 2 aromatic rings. The van der Waals surface area contributed by atoms with Crippen LogP contribution in [-0.2, 0) is 0 Å². The zero-order valence-corrected chi connectivity index (χ0v) is 9.64. The van der Waals surface area contributed by atoms with E-state index in [1.807, 2.05) is 0 Å². The SMILES string of the molecule is Cc1ccc(-c2ccc(C(=O)O)cc2O)cc1F. The summed E-state index contributed by atoms with van der Waals surface area (Å²) in [5.41, 5.74) is 1.41. The quantitative estimate of drug-likeness (QED) is 0.855. The van der Waals surface area contributed by atoms with Gasteiger partial charge in [-0.05, 0) is 42.3 Å². The van der Waals surface area contributed by atoms with E-state index >= 15 is 0 Å². The van der Waals surface area contributed by atoms with Crippen LogP contribution in [0.25, 0.3) is 11.1 Å². The average molecular weight is 246 g/mol. The fourth-order valence-corrected chi connectivity index (χ4v) is 1.67. The lowest BCUT2D eigenvalue weighted by Gasteiger charge is -2.07. The number of carboxylic acid groups (broad SMARTS) is 1. The average Bonchev–Trinajstić information content (AvgIpc) is 2.32. The van der Waals surface area contributed by atoms with E-state index in [2.05, 4.69) is 0 Å². The number of phenolic OH excluding ortho intramolecular Hbond substituents is 1. The van der Waals surface area contributed by atoms with Crippen molar-refractivity contribution in [3.05, 3.63) is 53.3 Å². The highest BCUT2D eigenvalue weighted by atomic mass is 19.1. The van der Waals surface area contributed by atoms with Gasteiger partial charge in [-0.2, -0.15) is 0 Å². The lowest BCUT2D eigenvalue weighted by atomic mass is 10.0. The van der Waals surface area contributed by atoms with Crippen LogP contribution in [-0.4, -0.2) is 16.2 Å². The van der Waals surface area contributed by atoms with Gasteiger partial charge in [-0.15, -0.1) is 0 Å². The molecule has 0 aliphatic carbocycles. The van der Waals surface area contributed by atoms with Crippen molar-refractivity contribution in [2.75, 3.05) is 0 Å². The van der Waals surface area contributed by atoms with E-state index in [1.165, 1.54) is 18.2 Å². The summed E-state index contributed by atoms with van der Waals surface area (Å²) in [7, 11) is 0. The number of aromatic hydroxyl groups is 1. The van der Waals surface area contributed by atoms with Crippen LogP contribution in [0.2, 0.25) is 0 Å². The Morgan fingerprint density at radius 1 is 1.17 bits per heavy atom. The Hall–Kier alpha value is -2.36. The first-order valence-corrected chi connectivity index (χ1v) is 5.32. The van der Waals surface area contributed by atoms with Crippen LogP contribution in [0.4, 0.5) is 4.39 Å². The molecule has 0 fully saturated rings. The van der Waals surface area contributed by atoms with Gasteiger partial charge in [-0.25, -0.2) is 9.18 Å². The van der Waals surface area contributed by atoms with Gasteiger partial charge in [-0.1, -0.05) is 12.1 Å². The summed E-state index contributed by atoms with van der Waals surface area (Å²) in [6.07, 6.45) is 0. The van der Waals surface area contributed by atoms with E-state index in [1.54, 1.807) is 19.1 Å². The topological polar surface area (TPSA) is 57.5 Å². The number of carboxylic acids is 1. The van der Waals surface area contributed by atoms with Crippen LogP contribution in [0, 0.1) is 12.7 Å². The van der Waals surface area contributed by atoms with Crippen molar-refractivity contribution in [1.82, 2.24) is 0 Å². The smallest absolute Gasteiger partial charge is 0.335 e. The predicted octanol–water partition coefficient (Wildman–Crippen LogP) is 3.20. The van der Waals surface area contributed by atoms with Crippen LogP contribution in [0.5, 0.6) is 5.75 Å². The molecule has 0 aromatic heterocycles. The number of phenols is 1. The lowest BCUT2D eigenvalue weighted by molar-refractivity contribution is 0.0696. The van der Waals surface area contributed by atoms with Crippen LogP contribution >= 0.6 is 0 Å². The van der Waals surface area contributed by atoms with Gasteiger partial charge in [-0.3, -0.25) is 0 Å². The summed E-state index contributed by atoms with van der Waals surface area (Å²) in [5, 5.41) is 18.5. The Bertz CT molecular complexity index is 620. The van der Waals surface area contributed by atoms with Crippen LogP contribution < -0.4 is 0 Å². The molecule has 2 rings (SSSR count). The molecule has 0 spiro atoms. The third kappa shape index (κ3) is 2.18. The van der Waals surface area contributed by atoms with Crippen molar-refractivity contribution in [3.63, 3.8) is 0 Å². The number of aromatic carboxylic acids is 1. The minimum atomic E-state index is -1.12. The third-order valence-corrected chi connectivity index (χ3v) is 2.73. The first-order valence-electron chi connectivity index (χ1n) is 5.32. The van der Waals surface area contributed by atoms with Crippen molar-refractivity contribution in [1.29, 1.82) is 0 Å². The van der Waals surface area contributed by atoms with Crippen LogP contribution in [0.3, 0.4) is 0 Å². The first-order chi connectivity index (χ1) is 8.49. The molecule has 2 aromatic carbocycles. The van der Waals surface area contributed by atoms with Gasteiger partial charge in [0.1, 0.15) is 11.6 Å². The molecule has 0 aliphatic heterocycles. The second-order valence-electron chi connectivity index (χ2n) is 4.00. The molecule has 0 atom stereocenters. The highest BCUT2D eigenvalue weighted by Crippen LogP contribution is 2.30. The van der Waals surface area contributed by atoms with Crippen molar-refractivity contribution in [2.24, 2.45) is 0 Å². The maximum atomic E-state index is 13.4. The molecular formula is C14H11FO3. The molecule has 0 saturated carbocycles. The van der Waals surface area contributed by atoms with Crippen LogP contribution in [0.1, 0.15) is 15.9 Å². The largest absolute Gasteiger partial charge is 0.507 e. The molecule has 0 unspecified atom stereocenters. The lowest BCUT2D eigenvalue weighted by Crippen LogP contribution is -1.95. The second kappa shape index (κ2) is 4.49. The number of carbonyl (C=O) groups is 1. The third-order valence-electron chi connectivity index (χ3n) is 2.73. The number of hydrogen-bond acceptors (Lipinski definition) is 2. The van der Waals surface area contributed by atoms with Gasteiger partial charge in [0.05, 0.1) is 5.56 Å². The van der Waals surface area contributed by atoms with E-state index in [4.69, 9.17) is 5.11 Å². The van der Waals surface area contributed by atoms with Crippen LogP contribution in [0.15, 0.2) is 36.4 Å². The number of hydrogen-bond donors (Lipinski definition) is 2. The summed E-state index contributed by atoms with van der Waals surface area (Å²) in [6, 6.07) is 8.57. The minimum Gasteiger partial charge on any atom is -0.507 e. The zero-order valence-electron chi connectivity index (χ0n) is 9.64. The summed E-state index contributed by atoms with van der Waals surface area (Å²) < 4.78 is 13.4. The summed E-state index contributed by atoms with van der Waals surface area (Å²) in [5.74, 6) is -1.67. The fourth-order valence-electron chi connectivity index (χ4n) is 1.67. The highest BCUT2D eigenvalue weighted by Gasteiger charge is 2.10. The van der Waals surface area contributed by atoms with E-state index in [0.717, 1.165) is 6.07 Å². The predicted molar refractivity (Wildman–Crippen MR) is 65.2 cm³/mol. The summed E-state index contributed by atoms with van der Waals surface area (Å²) in [6.45, 7) is 1.65. The number of halogens is 1. The van der Waals surface area contributed by atoms with Gasteiger partial charge in [0, 0.05) is 5.56 Å². The van der Waals surface area contributed by atoms with E-state index in [-0.39, 0.29) is 17.1 Å². The van der Waals surface area contributed by atoms with E-state index in [9.17, 15) is 14.3 Å². The van der Waals surface area contributed by atoms with Crippen molar-refractivity contribution >= 4 is 5.97 Å². The maximum absolute atomic E-state index is 13.4. The molecule has 0 heterocycles. The molecule has 18 heavy (non-hydrogen) atoms. The standard InChI is InChI=1S/C14H11FO3/c1-8-2-3-9(6-12(8)15)11-5-4-10(14(17)18)7-13(11)16/h2-7,16H,1H3,(H,17,18). The van der Waals surface area contributed by atoms with Gasteiger partial charge >= 0.3 is 5.97 Å². The number of aryl methyl sites for hydroxylation is 1. The van der Waals surface area contributed by atoms with Crippen molar-refractivity contribution in [3.8, 4) is 16.9 Å². The first kappa shape index (κ1) is 12.1. The fraction of sp³-hybridized carbons (Fsp3) is 0.0714. The molecule has 0 bridgehead atoms. The maximum Gasteiger partial charge on any atom is 0.335 e. The Balaban J connectivity index is 2.51. The molecule has 0 amide bonds. The van der Waals surface area contributed by atoms with Gasteiger partial charge < -0.3 is 10.2 Å². The summed E-state index contributed by atoms with van der Waals surface area (Å²) >= 11 is 0. The molecule has 0 saturated heterocycles. The Morgan fingerprint density at radius 3 is 2.44 bits per heavy atom. The van der Waals surface area contributed by atoms with Crippen molar-refractivity contribution < 1.29 is 19.4 Å². The highest BCUT2D eigenvalue weighted by molar-refractivity contribution is 5.89. The minimum absolute atomic E-state index is 0.0103. The van der Waals surface area contributed by atoms with Crippen molar-refractivity contribution in [2.45, 2.75) is 6.92 Å². The Morgan fingerprint density at radius 2 is 1.89 bits per heavy atom. The van der Waals surface area contributed by atoms with E-state index in [0.29, 0.717) is 16.7 Å². The molecule has 0 aliphatic rings. The molecule has 0 radical (unpaired) electrons. The van der Waals surface area contributed by atoms with E-state index < -0.39 is 5.97 Å². The Labute approximate surface area is 103 Å². The molecule has 4 heteroatoms. The molecule has 92 valence electrons. The molecule has 2 N–H and O–H groups in total. The monoisotopic (exact) mass is 246 g/mol. The summed E-state index contributed by atoms with van der Waals surface area (Å²) in [4.78, 5) is 10.7.